The van der Waals surface area contributed by atoms with E-state index in [1.807, 2.05) is 6.92 Å². The number of hydrogen-bond donors (Lipinski definition) is 1. The Kier molecular flexibility index (Phi) is 1.91. The largest absolute Gasteiger partial charge is 0.348 e. The number of benzene rings is 1. The second-order valence-electron chi connectivity index (χ2n) is 3.14. The summed E-state index contributed by atoms with van der Waals surface area (Å²) in [6, 6.07) is 3.52. The Hall–Kier alpha value is -1.93. The van der Waals surface area contributed by atoms with Crippen LogP contribution < -0.4 is 5.32 Å². The Morgan fingerprint density at radius 2 is 2.29 bits per heavy atom. The Bertz CT molecular complexity index is 459. The van der Waals surface area contributed by atoms with Gasteiger partial charge in [0.25, 0.3) is 5.91 Å². The molecule has 1 aromatic rings. The molecule has 70 valence electrons. The molecule has 1 aliphatic rings. The van der Waals surface area contributed by atoms with Gasteiger partial charge in [-0.05, 0) is 18.6 Å². The number of nitrogens with one attached hydrogen (secondary N) is 1. The fourth-order valence-corrected chi connectivity index (χ4v) is 1.61. The molecule has 0 spiro atoms. The number of aryl methyl sites for hydroxylation is 1. The third kappa shape index (κ3) is 1.13. The zero-order valence-corrected chi connectivity index (χ0v) is 7.63. The van der Waals surface area contributed by atoms with Crippen molar-refractivity contribution in [1.82, 2.24) is 5.32 Å². The van der Waals surface area contributed by atoms with Crippen LogP contribution in [0.2, 0.25) is 0 Å². The fraction of sp³-hybridized carbons (Fsp3) is 0.200. The van der Waals surface area contributed by atoms with Gasteiger partial charge in [-0.3, -0.25) is 4.79 Å². The Labute approximate surface area is 80.7 Å². The normalized spacial score (nSPS) is 13.1. The Morgan fingerprint density at radius 3 is 3.00 bits per heavy atom. The molecule has 4 nitrogen and oxygen atoms in total. The number of nitrogens with zero attached hydrogens (tertiary/aromatic N) is 1. The van der Waals surface area contributed by atoms with Crippen molar-refractivity contribution < 1.29 is 9.59 Å². The van der Waals surface area contributed by atoms with E-state index < -0.39 is 0 Å². The van der Waals surface area contributed by atoms with Crippen LogP contribution >= 0.6 is 0 Å². The van der Waals surface area contributed by atoms with Crippen LogP contribution in [-0.2, 0) is 11.3 Å². The van der Waals surface area contributed by atoms with E-state index in [4.69, 9.17) is 0 Å². The standard InChI is InChI=1S/C10H8N2O2/c1-6-2-3-7-8(4-11-10(7)14)9(6)12-5-13/h2-3H,4H2,1H3,(H,11,14). The van der Waals surface area contributed by atoms with Gasteiger partial charge in [0.05, 0.1) is 5.69 Å². The average Bonchev–Trinajstić information content (AvgIpc) is 2.53. The lowest BCUT2D eigenvalue weighted by atomic mass is 10.0. The highest BCUT2D eigenvalue weighted by Gasteiger charge is 2.22. The van der Waals surface area contributed by atoms with Gasteiger partial charge in [0.2, 0.25) is 6.08 Å². The van der Waals surface area contributed by atoms with Crippen LogP contribution in [0.3, 0.4) is 0 Å². The summed E-state index contributed by atoms with van der Waals surface area (Å²) in [6.45, 7) is 2.29. The number of isocyanates is 1. The lowest BCUT2D eigenvalue weighted by molar-refractivity contribution is 0.0966. The summed E-state index contributed by atoms with van der Waals surface area (Å²) in [5.74, 6) is -0.109. The van der Waals surface area contributed by atoms with E-state index in [1.54, 1.807) is 12.1 Å². The molecule has 1 heterocycles. The fourth-order valence-electron chi connectivity index (χ4n) is 1.61. The molecule has 0 bridgehead atoms. The van der Waals surface area contributed by atoms with Crippen molar-refractivity contribution in [3.63, 3.8) is 0 Å². The van der Waals surface area contributed by atoms with Crippen LogP contribution in [-0.4, -0.2) is 12.0 Å². The predicted molar refractivity (Wildman–Crippen MR) is 50.1 cm³/mol. The molecule has 1 N–H and O–H groups in total. The number of aliphatic imine (C=N–C) groups is 1. The minimum atomic E-state index is -0.109. The van der Waals surface area contributed by atoms with E-state index in [-0.39, 0.29) is 5.91 Å². The summed E-state index contributed by atoms with van der Waals surface area (Å²) in [6.07, 6.45) is 1.51. The average molecular weight is 188 g/mol. The Balaban J connectivity index is 2.70. The maximum Gasteiger partial charge on any atom is 0.251 e. The number of rotatable bonds is 1. The van der Waals surface area contributed by atoms with E-state index in [1.165, 1.54) is 6.08 Å². The number of carbonyl (C=O) groups excluding carboxylic acids is 2. The van der Waals surface area contributed by atoms with Crippen molar-refractivity contribution in [3.8, 4) is 0 Å². The van der Waals surface area contributed by atoms with Gasteiger partial charge in [0.15, 0.2) is 0 Å². The van der Waals surface area contributed by atoms with Crippen molar-refractivity contribution >= 4 is 17.7 Å². The van der Waals surface area contributed by atoms with Crippen LogP contribution in [0.25, 0.3) is 0 Å². The summed E-state index contributed by atoms with van der Waals surface area (Å²) in [5.41, 5.74) is 2.84. The lowest BCUT2D eigenvalue weighted by Crippen LogP contribution is -2.12. The van der Waals surface area contributed by atoms with E-state index in [0.717, 1.165) is 11.1 Å². The van der Waals surface area contributed by atoms with Gasteiger partial charge < -0.3 is 5.32 Å². The molecule has 0 fully saturated rings. The maximum atomic E-state index is 11.3. The van der Waals surface area contributed by atoms with E-state index in [2.05, 4.69) is 10.3 Å². The third-order valence-corrected chi connectivity index (χ3v) is 2.31. The van der Waals surface area contributed by atoms with Crippen molar-refractivity contribution in [2.24, 2.45) is 4.99 Å². The minimum Gasteiger partial charge on any atom is -0.348 e. The maximum absolute atomic E-state index is 11.3. The van der Waals surface area contributed by atoms with Crippen molar-refractivity contribution in [2.45, 2.75) is 13.5 Å². The molecule has 0 saturated carbocycles. The highest BCUT2D eigenvalue weighted by Crippen LogP contribution is 2.29. The number of fused-ring (bicyclic) bond motifs is 1. The van der Waals surface area contributed by atoms with E-state index in [9.17, 15) is 9.59 Å². The minimum absolute atomic E-state index is 0.109. The molecule has 1 aliphatic heterocycles. The molecule has 4 heteroatoms. The highest BCUT2D eigenvalue weighted by atomic mass is 16.1. The van der Waals surface area contributed by atoms with E-state index >= 15 is 0 Å². The third-order valence-electron chi connectivity index (χ3n) is 2.31. The van der Waals surface area contributed by atoms with Gasteiger partial charge in [-0.25, -0.2) is 4.79 Å². The van der Waals surface area contributed by atoms with Crippen molar-refractivity contribution in [1.29, 1.82) is 0 Å². The number of carbonyl (C=O) groups is 1. The smallest absolute Gasteiger partial charge is 0.251 e. The second-order valence-corrected chi connectivity index (χ2v) is 3.14. The molecule has 0 radical (unpaired) electrons. The molecule has 0 unspecified atom stereocenters. The summed E-state index contributed by atoms with van der Waals surface area (Å²) >= 11 is 0. The molecule has 14 heavy (non-hydrogen) atoms. The van der Waals surface area contributed by atoms with Crippen molar-refractivity contribution in [2.75, 3.05) is 0 Å². The first-order chi connectivity index (χ1) is 6.74. The number of amides is 1. The van der Waals surface area contributed by atoms with Gasteiger partial charge in [-0.2, -0.15) is 4.99 Å². The van der Waals surface area contributed by atoms with Crippen LogP contribution in [0.5, 0.6) is 0 Å². The number of hydrogen-bond acceptors (Lipinski definition) is 3. The van der Waals surface area contributed by atoms with Crippen LogP contribution in [0.15, 0.2) is 17.1 Å². The van der Waals surface area contributed by atoms with Gasteiger partial charge in [0.1, 0.15) is 0 Å². The van der Waals surface area contributed by atoms with E-state index in [0.29, 0.717) is 17.8 Å². The quantitative estimate of drug-likeness (QED) is 0.531. The Morgan fingerprint density at radius 1 is 1.50 bits per heavy atom. The monoisotopic (exact) mass is 188 g/mol. The SMILES string of the molecule is Cc1ccc2c(c1N=C=O)CNC2=O. The molecule has 0 aromatic heterocycles. The summed E-state index contributed by atoms with van der Waals surface area (Å²) in [5, 5.41) is 2.68. The molecule has 2 rings (SSSR count). The first-order valence-corrected chi connectivity index (χ1v) is 4.22. The predicted octanol–water partition coefficient (Wildman–Crippen LogP) is 1.21. The van der Waals surface area contributed by atoms with Crippen LogP contribution in [0.1, 0.15) is 21.5 Å². The molecule has 0 aliphatic carbocycles. The van der Waals surface area contributed by atoms with Crippen LogP contribution in [0.4, 0.5) is 5.69 Å². The summed E-state index contributed by atoms with van der Waals surface area (Å²) in [4.78, 5) is 25.1. The van der Waals surface area contributed by atoms with Gasteiger partial charge >= 0.3 is 0 Å². The molecular formula is C10H8N2O2. The molecule has 0 saturated heterocycles. The van der Waals surface area contributed by atoms with Crippen LogP contribution in [0, 0.1) is 6.92 Å². The highest BCUT2D eigenvalue weighted by molar-refractivity contribution is 6.00. The molecule has 1 aromatic carbocycles. The molecule has 1 amide bonds. The first kappa shape index (κ1) is 8.66. The second kappa shape index (κ2) is 3.09. The summed E-state index contributed by atoms with van der Waals surface area (Å²) in [7, 11) is 0. The molecular weight excluding hydrogens is 180 g/mol. The van der Waals surface area contributed by atoms with Gasteiger partial charge in [-0.15, -0.1) is 0 Å². The zero-order chi connectivity index (χ0) is 10.1. The first-order valence-electron chi connectivity index (χ1n) is 4.22. The topological polar surface area (TPSA) is 58.5 Å². The van der Waals surface area contributed by atoms with Gasteiger partial charge in [0, 0.05) is 17.7 Å². The lowest BCUT2D eigenvalue weighted by Gasteiger charge is -2.02. The molecule has 0 atom stereocenters. The summed E-state index contributed by atoms with van der Waals surface area (Å²) < 4.78 is 0. The van der Waals surface area contributed by atoms with Gasteiger partial charge in [-0.1, -0.05) is 6.07 Å². The van der Waals surface area contributed by atoms with Crippen molar-refractivity contribution in [3.05, 3.63) is 28.8 Å². The zero-order valence-electron chi connectivity index (χ0n) is 7.63.